The fourth-order valence-electron chi connectivity index (χ4n) is 2.32. The lowest BCUT2D eigenvalue weighted by Crippen LogP contribution is -2.22. The molecule has 2 aromatic carbocycles. The van der Waals surface area contributed by atoms with Crippen LogP contribution >= 0.6 is 11.3 Å². The van der Waals surface area contributed by atoms with Crippen LogP contribution in [0.3, 0.4) is 0 Å². The van der Waals surface area contributed by atoms with Crippen LogP contribution in [0.4, 0.5) is 0 Å². The SMILES string of the molecule is Cc1ccc(CNC(=O)c2ccc3nc(C(C)C)sc3c2)cc1. The van der Waals surface area contributed by atoms with Gasteiger partial charge < -0.3 is 5.32 Å². The number of carbonyl (C=O) groups is 1. The third-order valence-corrected chi connectivity index (χ3v) is 5.05. The number of hydrogen-bond donors (Lipinski definition) is 1. The van der Waals surface area contributed by atoms with Gasteiger partial charge in [0.15, 0.2) is 0 Å². The van der Waals surface area contributed by atoms with Gasteiger partial charge in [0, 0.05) is 18.0 Å². The van der Waals surface area contributed by atoms with Crippen molar-refractivity contribution in [2.75, 3.05) is 0 Å². The molecular formula is C19H20N2OS. The van der Waals surface area contributed by atoms with Crippen molar-refractivity contribution in [1.29, 1.82) is 0 Å². The third-order valence-electron chi connectivity index (χ3n) is 3.73. The van der Waals surface area contributed by atoms with Crippen LogP contribution in [0, 0.1) is 6.92 Å². The average molecular weight is 324 g/mol. The zero-order chi connectivity index (χ0) is 16.4. The fourth-order valence-corrected chi connectivity index (χ4v) is 3.33. The number of thiazole rings is 1. The Morgan fingerprint density at radius 1 is 1.17 bits per heavy atom. The van der Waals surface area contributed by atoms with Crippen molar-refractivity contribution in [3.8, 4) is 0 Å². The molecule has 0 aliphatic heterocycles. The van der Waals surface area contributed by atoms with E-state index in [1.54, 1.807) is 11.3 Å². The standard InChI is InChI=1S/C19H20N2OS/c1-12(2)19-21-16-9-8-15(10-17(16)23-19)18(22)20-11-14-6-4-13(3)5-7-14/h4-10,12H,11H2,1-3H3,(H,20,22). The Labute approximate surface area is 140 Å². The van der Waals surface area contributed by atoms with Gasteiger partial charge in [-0.1, -0.05) is 43.7 Å². The molecule has 0 saturated carbocycles. The highest BCUT2D eigenvalue weighted by Gasteiger charge is 2.11. The first-order valence-electron chi connectivity index (χ1n) is 7.77. The first-order chi connectivity index (χ1) is 11.0. The topological polar surface area (TPSA) is 42.0 Å². The van der Waals surface area contributed by atoms with Crippen molar-refractivity contribution in [3.05, 3.63) is 64.2 Å². The van der Waals surface area contributed by atoms with E-state index in [9.17, 15) is 4.79 Å². The smallest absolute Gasteiger partial charge is 0.251 e. The van der Waals surface area contributed by atoms with Crippen molar-refractivity contribution in [3.63, 3.8) is 0 Å². The molecule has 0 aliphatic carbocycles. The largest absolute Gasteiger partial charge is 0.348 e. The van der Waals surface area contributed by atoms with Crippen LogP contribution in [0.5, 0.6) is 0 Å². The van der Waals surface area contributed by atoms with Gasteiger partial charge in [-0.2, -0.15) is 0 Å². The summed E-state index contributed by atoms with van der Waals surface area (Å²) >= 11 is 1.66. The molecule has 0 spiro atoms. The number of aryl methyl sites for hydroxylation is 1. The Balaban J connectivity index is 1.73. The number of aromatic nitrogens is 1. The second-order valence-electron chi connectivity index (χ2n) is 6.06. The number of carbonyl (C=O) groups excluding carboxylic acids is 1. The van der Waals surface area contributed by atoms with Gasteiger partial charge in [0.25, 0.3) is 5.91 Å². The molecule has 23 heavy (non-hydrogen) atoms. The first-order valence-corrected chi connectivity index (χ1v) is 8.59. The molecular weight excluding hydrogens is 304 g/mol. The maximum Gasteiger partial charge on any atom is 0.251 e. The lowest BCUT2D eigenvalue weighted by molar-refractivity contribution is 0.0951. The summed E-state index contributed by atoms with van der Waals surface area (Å²) in [5.41, 5.74) is 3.97. The number of fused-ring (bicyclic) bond motifs is 1. The highest BCUT2D eigenvalue weighted by atomic mass is 32.1. The van der Waals surface area contributed by atoms with Gasteiger partial charge in [0.05, 0.1) is 15.2 Å². The predicted octanol–water partition coefficient (Wildman–Crippen LogP) is 4.66. The molecule has 1 heterocycles. The van der Waals surface area contributed by atoms with Gasteiger partial charge in [-0.05, 0) is 30.7 Å². The van der Waals surface area contributed by atoms with Crippen LogP contribution in [0.25, 0.3) is 10.2 Å². The van der Waals surface area contributed by atoms with Gasteiger partial charge in [-0.25, -0.2) is 4.98 Å². The van der Waals surface area contributed by atoms with E-state index >= 15 is 0 Å². The monoisotopic (exact) mass is 324 g/mol. The highest BCUT2D eigenvalue weighted by Crippen LogP contribution is 2.27. The zero-order valence-corrected chi connectivity index (χ0v) is 14.4. The number of nitrogens with one attached hydrogen (secondary N) is 1. The van der Waals surface area contributed by atoms with E-state index in [2.05, 4.69) is 43.2 Å². The summed E-state index contributed by atoms with van der Waals surface area (Å²) in [4.78, 5) is 16.9. The van der Waals surface area contributed by atoms with E-state index in [0.717, 1.165) is 20.8 Å². The van der Waals surface area contributed by atoms with E-state index in [1.807, 2.05) is 30.3 Å². The summed E-state index contributed by atoms with van der Waals surface area (Å²) in [6, 6.07) is 13.9. The maximum atomic E-state index is 12.3. The zero-order valence-electron chi connectivity index (χ0n) is 13.6. The molecule has 0 fully saturated rings. The van der Waals surface area contributed by atoms with Gasteiger partial charge in [0.1, 0.15) is 0 Å². The molecule has 0 bridgehead atoms. The Hall–Kier alpha value is -2.20. The van der Waals surface area contributed by atoms with Crippen LogP contribution in [-0.2, 0) is 6.54 Å². The van der Waals surface area contributed by atoms with Crippen molar-refractivity contribution < 1.29 is 4.79 Å². The molecule has 118 valence electrons. The maximum absolute atomic E-state index is 12.3. The molecule has 1 aromatic heterocycles. The van der Waals surface area contributed by atoms with E-state index in [-0.39, 0.29) is 5.91 Å². The molecule has 3 nitrogen and oxygen atoms in total. The molecule has 3 rings (SSSR count). The lowest BCUT2D eigenvalue weighted by atomic mass is 10.1. The van der Waals surface area contributed by atoms with Crippen LogP contribution in [0.1, 0.15) is 46.3 Å². The summed E-state index contributed by atoms with van der Waals surface area (Å²) in [5, 5.41) is 4.08. The molecule has 0 saturated heterocycles. The van der Waals surface area contributed by atoms with Crippen molar-refractivity contribution in [2.45, 2.75) is 33.2 Å². The summed E-state index contributed by atoms with van der Waals surface area (Å²) in [6.45, 7) is 6.86. The summed E-state index contributed by atoms with van der Waals surface area (Å²) < 4.78 is 1.07. The number of rotatable bonds is 4. The lowest BCUT2D eigenvalue weighted by Gasteiger charge is -2.06. The summed E-state index contributed by atoms with van der Waals surface area (Å²) in [7, 11) is 0. The number of amides is 1. The normalized spacial score (nSPS) is 11.1. The minimum absolute atomic E-state index is 0.0491. The van der Waals surface area contributed by atoms with Crippen molar-refractivity contribution in [2.24, 2.45) is 0 Å². The van der Waals surface area contributed by atoms with Crippen LogP contribution in [0.2, 0.25) is 0 Å². The first kappa shape index (κ1) is 15.7. The summed E-state index contributed by atoms with van der Waals surface area (Å²) in [6.07, 6.45) is 0. The van der Waals surface area contributed by atoms with Gasteiger partial charge in [0.2, 0.25) is 0 Å². The summed E-state index contributed by atoms with van der Waals surface area (Å²) in [5.74, 6) is 0.359. The molecule has 0 aliphatic rings. The van der Waals surface area contributed by atoms with Crippen LogP contribution in [-0.4, -0.2) is 10.9 Å². The van der Waals surface area contributed by atoms with Crippen LogP contribution in [0.15, 0.2) is 42.5 Å². The predicted molar refractivity (Wildman–Crippen MR) is 96.1 cm³/mol. The van der Waals surface area contributed by atoms with Crippen molar-refractivity contribution in [1.82, 2.24) is 10.3 Å². The second-order valence-corrected chi connectivity index (χ2v) is 7.12. The van der Waals surface area contributed by atoms with E-state index in [4.69, 9.17) is 0 Å². The Morgan fingerprint density at radius 3 is 2.61 bits per heavy atom. The Morgan fingerprint density at radius 2 is 1.91 bits per heavy atom. The van der Waals surface area contributed by atoms with Gasteiger partial charge in [-0.15, -0.1) is 11.3 Å². The number of benzene rings is 2. The Bertz CT molecular complexity index is 834. The second kappa shape index (κ2) is 6.50. The van der Waals surface area contributed by atoms with E-state index < -0.39 is 0 Å². The quantitative estimate of drug-likeness (QED) is 0.758. The van der Waals surface area contributed by atoms with Crippen molar-refractivity contribution >= 4 is 27.5 Å². The molecule has 1 amide bonds. The molecule has 0 unspecified atom stereocenters. The highest BCUT2D eigenvalue weighted by molar-refractivity contribution is 7.18. The third kappa shape index (κ3) is 3.59. The fraction of sp³-hybridized carbons (Fsp3) is 0.263. The molecule has 4 heteroatoms. The molecule has 0 atom stereocenters. The minimum atomic E-state index is -0.0491. The van der Waals surface area contributed by atoms with E-state index in [1.165, 1.54) is 5.56 Å². The number of nitrogens with zero attached hydrogens (tertiary/aromatic N) is 1. The molecule has 3 aromatic rings. The van der Waals surface area contributed by atoms with Gasteiger partial charge >= 0.3 is 0 Å². The molecule has 1 N–H and O–H groups in total. The van der Waals surface area contributed by atoms with E-state index in [0.29, 0.717) is 18.0 Å². The minimum Gasteiger partial charge on any atom is -0.348 e. The Kier molecular flexibility index (Phi) is 4.44. The van der Waals surface area contributed by atoms with Gasteiger partial charge in [-0.3, -0.25) is 4.79 Å². The van der Waals surface area contributed by atoms with Crippen LogP contribution < -0.4 is 5.32 Å². The molecule has 0 radical (unpaired) electrons. The number of hydrogen-bond acceptors (Lipinski definition) is 3. The average Bonchev–Trinajstić information content (AvgIpc) is 2.97.